The van der Waals surface area contributed by atoms with Gasteiger partial charge in [0, 0.05) is 39.0 Å². The largest absolute Gasteiger partial charge is 0.474 e. The topological polar surface area (TPSA) is 124 Å². The molecule has 0 saturated carbocycles. The van der Waals surface area contributed by atoms with Crippen molar-refractivity contribution in [3.63, 3.8) is 0 Å². The fraction of sp³-hybridized carbons (Fsp3) is 0.167. The number of rotatable bonds is 10. The Labute approximate surface area is 301 Å². The first-order valence-corrected chi connectivity index (χ1v) is 15.8. The van der Waals surface area contributed by atoms with E-state index < -0.39 is 0 Å². The molecule has 0 aliphatic carbocycles. The summed E-state index contributed by atoms with van der Waals surface area (Å²) >= 11 is 3.09. The number of methoxy groups -OCH3 is 2. The second-order valence-corrected chi connectivity index (χ2v) is 10.4. The number of halogens is 3. The highest BCUT2D eigenvalue weighted by Crippen LogP contribution is 2.23. The van der Waals surface area contributed by atoms with E-state index in [1.807, 2.05) is 0 Å². The van der Waals surface area contributed by atoms with Crippen molar-refractivity contribution >= 4 is 15.9 Å². The molecule has 15 heteroatoms. The summed E-state index contributed by atoms with van der Waals surface area (Å²) in [4.78, 5) is 15.7. The van der Waals surface area contributed by atoms with Gasteiger partial charge in [-0.3, -0.25) is 0 Å². The highest BCUT2D eigenvalue weighted by molar-refractivity contribution is 9.10. The number of hydrogen-bond donors (Lipinski definition) is 0. The van der Waals surface area contributed by atoms with Crippen LogP contribution in [0.4, 0.5) is 8.78 Å². The standard InChI is InChI=1S/C18H15FN4O2.C14H13FN2O2.C4H3BrN2/c1-24-11-12-25-18-14(3-8-17-20-9-2-10-21-17)13-22-23(18)16-6-4-15(19)5-7-16;1-3-11-10-16-17(14(11)19-9-8-18-2)13-6-4-12(15)5-7-13;5-4-6-2-1-3-7-4/h2,4-7,9-10,13H,11-12H2,1H3;1,4-7,10H,8-9H2,2H3;1-3H. The highest BCUT2D eigenvalue weighted by atomic mass is 79.9. The molecule has 0 aliphatic rings. The molecule has 0 spiro atoms. The summed E-state index contributed by atoms with van der Waals surface area (Å²) in [6.45, 7) is 1.56. The van der Waals surface area contributed by atoms with Gasteiger partial charge in [-0.05, 0) is 82.5 Å². The average molecular weight is 758 g/mol. The van der Waals surface area contributed by atoms with Crippen LogP contribution in [0, 0.1) is 35.8 Å². The van der Waals surface area contributed by atoms with E-state index in [1.54, 1.807) is 86.3 Å². The van der Waals surface area contributed by atoms with Gasteiger partial charge in [-0.15, -0.1) is 6.42 Å². The number of ether oxygens (including phenoxy) is 4. The van der Waals surface area contributed by atoms with Crippen molar-refractivity contribution in [1.29, 1.82) is 0 Å². The average Bonchev–Trinajstić information content (AvgIpc) is 3.76. The Hall–Kier alpha value is -6.00. The van der Waals surface area contributed by atoms with E-state index in [0.717, 1.165) is 0 Å². The van der Waals surface area contributed by atoms with Gasteiger partial charge < -0.3 is 18.9 Å². The fourth-order valence-electron chi connectivity index (χ4n) is 3.88. The van der Waals surface area contributed by atoms with Gasteiger partial charge in [0.25, 0.3) is 0 Å². The van der Waals surface area contributed by atoms with Gasteiger partial charge in [-0.25, -0.2) is 28.7 Å². The molecular weight excluding hydrogens is 726 g/mol. The minimum atomic E-state index is -0.320. The lowest BCUT2D eigenvalue weighted by Gasteiger charge is -2.09. The van der Waals surface area contributed by atoms with Gasteiger partial charge in [0.15, 0.2) is 4.73 Å². The van der Waals surface area contributed by atoms with Gasteiger partial charge >= 0.3 is 0 Å². The molecule has 0 unspecified atom stereocenters. The number of nitrogens with zero attached hydrogens (tertiary/aromatic N) is 8. The third-order valence-corrected chi connectivity index (χ3v) is 6.62. The van der Waals surface area contributed by atoms with Crippen LogP contribution < -0.4 is 9.47 Å². The quantitative estimate of drug-likeness (QED) is 0.101. The van der Waals surface area contributed by atoms with Gasteiger partial charge in [0.05, 0.1) is 37.0 Å². The van der Waals surface area contributed by atoms with Gasteiger partial charge in [0.2, 0.25) is 17.6 Å². The lowest BCUT2D eigenvalue weighted by Crippen LogP contribution is -2.09. The van der Waals surface area contributed by atoms with Crippen LogP contribution in [0.25, 0.3) is 11.4 Å². The molecule has 0 N–H and O–H groups in total. The summed E-state index contributed by atoms with van der Waals surface area (Å²) in [5, 5.41) is 8.44. The number of benzene rings is 2. The molecule has 4 heterocycles. The summed E-state index contributed by atoms with van der Waals surface area (Å²) in [7, 11) is 3.18. The second kappa shape index (κ2) is 20.5. The molecule has 6 aromatic rings. The maximum atomic E-state index is 13.2. The third-order valence-electron chi connectivity index (χ3n) is 6.21. The van der Waals surface area contributed by atoms with Crippen LogP contribution >= 0.6 is 15.9 Å². The summed E-state index contributed by atoms with van der Waals surface area (Å²) in [5.41, 5.74) is 2.46. The summed E-state index contributed by atoms with van der Waals surface area (Å²) in [6.07, 6.45) is 15.1. The van der Waals surface area contributed by atoms with E-state index in [-0.39, 0.29) is 11.6 Å². The molecule has 0 amide bonds. The van der Waals surface area contributed by atoms with Gasteiger partial charge in [-0.2, -0.15) is 19.6 Å². The molecule has 0 saturated heterocycles. The van der Waals surface area contributed by atoms with Crippen LogP contribution in [0.5, 0.6) is 11.8 Å². The van der Waals surface area contributed by atoms with Crippen molar-refractivity contribution in [2.24, 2.45) is 0 Å². The van der Waals surface area contributed by atoms with Crippen molar-refractivity contribution in [2.75, 3.05) is 40.6 Å². The number of terminal acetylenes is 1. The minimum absolute atomic E-state index is 0.310. The zero-order valence-electron chi connectivity index (χ0n) is 27.5. The summed E-state index contributed by atoms with van der Waals surface area (Å²) in [5.74, 6) is 9.00. The van der Waals surface area contributed by atoms with Gasteiger partial charge in [0.1, 0.15) is 36.0 Å². The molecule has 0 radical (unpaired) electrons. The zero-order chi connectivity index (χ0) is 36.3. The predicted octanol–water partition coefficient (Wildman–Crippen LogP) is 5.48. The molecule has 0 aliphatic heterocycles. The molecule has 0 atom stereocenters. The third kappa shape index (κ3) is 11.8. The smallest absolute Gasteiger partial charge is 0.232 e. The Morgan fingerprint density at radius 1 is 0.647 bits per heavy atom. The van der Waals surface area contributed by atoms with Crippen molar-refractivity contribution in [2.45, 2.75) is 0 Å². The zero-order valence-corrected chi connectivity index (χ0v) is 29.1. The molecule has 260 valence electrons. The van der Waals surface area contributed by atoms with E-state index in [1.165, 1.54) is 35.1 Å². The van der Waals surface area contributed by atoms with Crippen LogP contribution in [0.1, 0.15) is 17.0 Å². The number of aromatic nitrogens is 8. The lowest BCUT2D eigenvalue weighted by atomic mass is 10.3. The van der Waals surface area contributed by atoms with Crippen molar-refractivity contribution in [3.05, 3.63) is 131 Å². The van der Waals surface area contributed by atoms with Gasteiger partial charge in [-0.1, -0.05) is 11.8 Å². The van der Waals surface area contributed by atoms with Crippen LogP contribution in [0.3, 0.4) is 0 Å². The Balaban J connectivity index is 0.000000197. The second-order valence-electron chi connectivity index (χ2n) is 9.67. The first-order valence-electron chi connectivity index (χ1n) is 15.0. The SMILES string of the molecule is Brc1ncccn1.C#Cc1cnn(-c2ccc(F)cc2)c1OCCOC.COCCOc1c(C#Cc2ncccn2)cnn1-c1ccc(F)cc1. The van der Waals surface area contributed by atoms with Crippen molar-refractivity contribution < 1.29 is 27.7 Å². The fourth-order valence-corrected chi connectivity index (χ4v) is 4.12. The molecule has 2 aromatic carbocycles. The minimum Gasteiger partial charge on any atom is -0.474 e. The Morgan fingerprint density at radius 3 is 1.53 bits per heavy atom. The van der Waals surface area contributed by atoms with E-state index in [4.69, 9.17) is 25.4 Å². The predicted molar refractivity (Wildman–Crippen MR) is 187 cm³/mol. The molecule has 0 bridgehead atoms. The van der Waals surface area contributed by atoms with E-state index in [9.17, 15) is 8.78 Å². The Morgan fingerprint density at radius 2 is 1.10 bits per heavy atom. The first-order chi connectivity index (χ1) is 24.9. The maximum absolute atomic E-state index is 13.2. The molecule has 12 nitrogen and oxygen atoms in total. The Kier molecular flexibility index (Phi) is 15.2. The molecule has 0 fully saturated rings. The lowest BCUT2D eigenvalue weighted by molar-refractivity contribution is 0.142. The van der Waals surface area contributed by atoms with Crippen LogP contribution in [0.2, 0.25) is 0 Å². The maximum Gasteiger partial charge on any atom is 0.232 e. The van der Waals surface area contributed by atoms with Crippen LogP contribution in [0.15, 0.2) is 103 Å². The number of hydrogen-bond acceptors (Lipinski definition) is 10. The van der Waals surface area contributed by atoms with Crippen LogP contribution in [-0.4, -0.2) is 80.1 Å². The van der Waals surface area contributed by atoms with E-state index >= 15 is 0 Å². The summed E-state index contributed by atoms with van der Waals surface area (Å²) < 4.78 is 51.0. The van der Waals surface area contributed by atoms with E-state index in [2.05, 4.69) is 63.8 Å². The van der Waals surface area contributed by atoms with Crippen molar-refractivity contribution in [3.8, 4) is 47.3 Å². The molecule has 4 aromatic heterocycles. The van der Waals surface area contributed by atoms with E-state index in [0.29, 0.717) is 71.2 Å². The normalized spacial score (nSPS) is 9.96. The molecule has 6 rings (SSSR count). The summed E-state index contributed by atoms with van der Waals surface area (Å²) in [6, 6.07) is 15.3. The molecule has 51 heavy (non-hydrogen) atoms. The monoisotopic (exact) mass is 756 g/mol. The first kappa shape index (κ1) is 37.8. The molecular formula is C36H31BrF2N8O4. The Bertz CT molecular complexity index is 2030. The van der Waals surface area contributed by atoms with Crippen molar-refractivity contribution in [1.82, 2.24) is 39.5 Å². The highest BCUT2D eigenvalue weighted by Gasteiger charge is 2.14. The van der Waals surface area contributed by atoms with Crippen LogP contribution in [-0.2, 0) is 9.47 Å².